The number of oxazole rings is 1. The van der Waals surface area contributed by atoms with Crippen molar-refractivity contribution in [3.63, 3.8) is 0 Å². The summed E-state index contributed by atoms with van der Waals surface area (Å²) in [6.45, 7) is 2.87. The molecule has 1 aliphatic heterocycles. The molecule has 264 valence electrons. The van der Waals surface area contributed by atoms with Gasteiger partial charge in [0, 0.05) is 42.0 Å². The molecule has 6 aromatic rings. The molecule has 1 aliphatic rings. The number of urea groups is 1. The van der Waals surface area contributed by atoms with Gasteiger partial charge >= 0.3 is 6.03 Å². The molecule has 0 bridgehead atoms. The second kappa shape index (κ2) is 16.9. The Morgan fingerprint density at radius 3 is 2.17 bits per heavy atom. The number of carbonyl (C=O) groups is 1. The first-order valence-corrected chi connectivity index (χ1v) is 18.5. The molecule has 7 rings (SSSR count). The van der Waals surface area contributed by atoms with E-state index in [4.69, 9.17) is 18.9 Å². The molecule has 2 heterocycles. The van der Waals surface area contributed by atoms with Crippen molar-refractivity contribution in [2.75, 3.05) is 12.3 Å². The number of amides is 2. The van der Waals surface area contributed by atoms with E-state index < -0.39 is 6.29 Å². The van der Waals surface area contributed by atoms with Crippen molar-refractivity contribution < 1.29 is 23.8 Å². The number of aliphatic hydroxyl groups excluding tert-OH is 1. The molecule has 0 saturated carbocycles. The molecule has 1 fully saturated rings. The second-order valence-electron chi connectivity index (χ2n) is 12.6. The predicted octanol–water partition coefficient (Wildman–Crippen LogP) is 9.32. The number of ether oxygens (including phenoxy) is 2. The van der Waals surface area contributed by atoms with Crippen LogP contribution in [0.4, 0.5) is 4.79 Å². The van der Waals surface area contributed by atoms with Crippen molar-refractivity contribution in [2.45, 2.75) is 50.2 Å². The van der Waals surface area contributed by atoms with Crippen LogP contribution < -0.4 is 10.6 Å². The summed E-state index contributed by atoms with van der Waals surface area (Å²) in [5.41, 5.74) is 8.61. The monoisotopic (exact) mass is 711 g/mol. The van der Waals surface area contributed by atoms with Crippen LogP contribution >= 0.6 is 11.8 Å². The maximum atomic E-state index is 12.0. The zero-order valence-electron chi connectivity index (χ0n) is 28.9. The average molecular weight is 712 g/mol. The van der Waals surface area contributed by atoms with Gasteiger partial charge in [0.15, 0.2) is 12.1 Å². The molecule has 8 nitrogen and oxygen atoms in total. The minimum absolute atomic E-state index is 0.0150. The van der Waals surface area contributed by atoms with Gasteiger partial charge in [-0.05, 0) is 46.9 Å². The fourth-order valence-corrected chi connectivity index (χ4v) is 7.10. The highest BCUT2D eigenvalue weighted by atomic mass is 32.2. The van der Waals surface area contributed by atoms with Crippen LogP contribution in [0.5, 0.6) is 0 Å². The van der Waals surface area contributed by atoms with Gasteiger partial charge in [0.1, 0.15) is 5.69 Å². The predicted molar refractivity (Wildman–Crippen MR) is 204 cm³/mol. The van der Waals surface area contributed by atoms with Crippen LogP contribution in [0.25, 0.3) is 33.7 Å². The number of aromatic nitrogens is 1. The number of aliphatic hydroxyl groups is 1. The third-order valence-electron chi connectivity index (χ3n) is 8.91. The van der Waals surface area contributed by atoms with Gasteiger partial charge in [-0.1, -0.05) is 133 Å². The van der Waals surface area contributed by atoms with Crippen LogP contribution in [0.15, 0.2) is 143 Å². The highest BCUT2D eigenvalue weighted by Crippen LogP contribution is 2.41. The van der Waals surface area contributed by atoms with Gasteiger partial charge in [-0.25, -0.2) is 9.78 Å². The van der Waals surface area contributed by atoms with E-state index in [0.29, 0.717) is 30.5 Å². The minimum Gasteiger partial charge on any atom is -0.431 e. The average Bonchev–Trinajstić information content (AvgIpc) is 3.65. The van der Waals surface area contributed by atoms with E-state index in [1.807, 2.05) is 116 Å². The standard InChI is InChI=1S/C43H41N3O5S/c1-2-44-42(48)45-26-30-11-9-16-34(23-30)35-17-10-18-36(24-35)41-49-37(25-38(50-41)31-21-19-29(27-47)20-22-31)28-52-43-46-39(32-12-5-3-6-13-32)40(51-43)33-14-7-4-8-15-33/h3-24,37-38,41,47H,2,25-28H2,1H3,(H2,44,45,48)/t37-,38+,41+/m0/s1. The molecular weight excluding hydrogens is 671 g/mol. The molecule has 9 heteroatoms. The number of hydrogen-bond donors (Lipinski definition) is 3. The highest BCUT2D eigenvalue weighted by molar-refractivity contribution is 7.99. The Morgan fingerprint density at radius 2 is 1.44 bits per heavy atom. The van der Waals surface area contributed by atoms with Crippen molar-refractivity contribution >= 4 is 17.8 Å². The Morgan fingerprint density at radius 1 is 0.750 bits per heavy atom. The first kappa shape index (κ1) is 35.2. The fraction of sp³-hybridized carbons (Fsp3) is 0.209. The maximum absolute atomic E-state index is 12.0. The van der Waals surface area contributed by atoms with Crippen LogP contribution in [0.2, 0.25) is 0 Å². The molecule has 3 N–H and O–H groups in total. The molecule has 1 aromatic heterocycles. The zero-order valence-corrected chi connectivity index (χ0v) is 29.7. The van der Waals surface area contributed by atoms with E-state index in [2.05, 4.69) is 34.9 Å². The van der Waals surface area contributed by atoms with Gasteiger partial charge in [0.25, 0.3) is 5.22 Å². The fourth-order valence-electron chi connectivity index (χ4n) is 6.26. The number of thioether (sulfide) groups is 1. The largest absolute Gasteiger partial charge is 0.431 e. The lowest BCUT2D eigenvalue weighted by molar-refractivity contribution is -0.245. The van der Waals surface area contributed by atoms with Crippen LogP contribution in [0.1, 0.15) is 48.0 Å². The molecular formula is C43H41N3O5S. The Kier molecular flexibility index (Phi) is 11.4. The van der Waals surface area contributed by atoms with Crippen molar-refractivity contribution in [3.8, 4) is 33.7 Å². The number of benzene rings is 5. The maximum Gasteiger partial charge on any atom is 0.315 e. The molecule has 0 radical (unpaired) electrons. The second-order valence-corrected chi connectivity index (χ2v) is 13.6. The molecule has 52 heavy (non-hydrogen) atoms. The SMILES string of the molecule is CCNC(=O)NCc1cccc(-c2cccc([C@@H]3O[C@H](CSc4nc(-c5ccccc5)c(-c5ccccc5)o4)C[C@H](c4ccc(CO)cc4)O3)c2)c1. The van der Waals surface area contributed by atoms with Crippen LogP contribution in [-0.2, 0) is 22.6 Å². The van der Waals surface area contributed by atoms with E-state index in [1.54, 1.807) is 0 Å². The van der Waals surface area contributed by atoms with Gasteiger partial charge in [-0.3, -0.25) is 0 Å². The van der Waals surface area contributed by atoms with Gasteiger partial charge in [0.05, 0.1) is 18.8 Å². The summed E-state index contributed by atoms with van der Waals surface area (Å²) in [5, 5.41) is 15.9. The molecule has 3 atom stereocenters. The minimum atomic E-state index is -0.617. The van der Waals surface area contributed by atoms with Crippen molar-refractivity contribution in [3.05, 3.63) is 156 Å². The summed E-state index contributed by atoms with van der Waals surface area (Å²) in [5.74, 6) is 1.34. The van der Waals surface area contributed by atoms with Crippen LogP contribution in [0.3, 0.4) is 0 Å². The van der Waals surface area contributed by atoms with E-state index in [9.17, 15) is 9.90 Å². The zero-order chi connectivity index (χ0) is 35.7. The van der Waals surface area contributed by atoms with Gasteiger partial charge in [-0.15, -0.1) is 0 Å². The Hall–Kier alpha value is -5.19. The quantitative estimate of drug-likeness (QED) is 0.109. The first-order valence-electron chi connectivity index (χ1n) is 17.5. The highest BCUT2D eigenvalue weighted by Gasteiger charge is 2.33. The molecule has 0 unspecified atom stereocenters. The van der Waals surface area contributed by atoms with Crippen molar-refractivity contribution in [2.24, 2.45) is 0 Å². The Balaban J connectivity index is 1.13. The summed E-state index contributed by atoms with van der Waals surface area (Å²) < 4.78 is 19.8. The van der Waals surface area contributed by atoms with E-state index in [0.717, 1.165) is 56.0 Å². The summed E-state index contributed by atoms with van der Waals surface area (Å²) in [7, 11) is 0. The number of nitrogens with one attached hydrogen (secondary N) is 2. The summed E-state index contributed by atoms with van der Waals surface area (Å²) in [4.78, 5) is 16.9. The molecule has 2 amide bonds. The number of nitrogens with zero attached hydrogens (tertiary/aromatic N) is 1. The van der Waals surface area contributed by atoms with Crippen molar-refractivity contribution in [1.82, 2.24) is 15.6 Å². The normalized spacial score (nSPS) is 17.1. The molecule has 0 aliphatic carbocycles. The molecule has 1 saturated heterocycles. The Labute approximate surface area is 308 Å². The van der Waals surface area contributed by atoms with Gasteiger partial charge < -0.3 is 29.6 Å². The number of hydrogen-bond acceptors (Lipinski definition) is 7. The topological polar surface area (TPSA) is 106 Å². The first-order chi connectivity index (χ1) is 25.6. The van der Waals surface area contributed by atoms with Crippen LogP contribution in [0, 0.1) is 0 Å². The lowest BCUT2D eigenvalue weighted by Gasteiger charge is -2.36. The third kappa shape index (κ3) is 8.63. The molecule has 0 spiro atoms. The van der Waals surface area contributed by atoms with Crippen LogP contribution in [-0.4, -0.2) is 34.5 Å². The summed E-state index contributed by atoms with van der Waals surface area (Å²) in [6.07, 6.45) is -0.381. The lowest BCUT2D eigenvalue weighted by atomic mass is 9.99. The third-order valence-corrected chi connectivity index (χ3v) is 9.87. The van der Waals surface area contributed by atoms with Crippen molar-refractivity contribution in [1.29, 1.82) is 0 Å². The lowest BCUT2D eigenvalue weighted by Crippen LogP contribution is -2.34. The van der Waals surface area contributed by atoms with Gasteiger partial charge in [0.2, 0.25) is 0 Å². The number of carbonyl (C=O) groups excluding carboxylic acids is 1. The van der Waals surface area contributed by atoms with E-state index in [-0.39, 0.29) is 24.8 Å². The smallest absolute Gasteiger partial charge is 0.315 e. The van der Waals surface area contributed by atoms with E-state index >= 15 is 0 Å². The van der Waals surface area contributed by atoms with Gasteiger partial charge in [-0.2, -0.15) is 0 Å². The summed E-state index contributed by atoms with van der Waals surface area (Å²) in [6, 6.07) is 44.3. The summed E-state index contributed by atoms with van der Waals surface area (Å²) >= 11 is 1.54. The number of rotatable bonds is 12. The van der Waals surface area contributed by atoms with E-state index in [1.165, 1.54) is 11.8 Å². The Bertz CT molecular complexity index is 2010. The molecule has 5 aromatic carbocycles.